The van der Waals surface area contributed by atoms with E-state index < -0.39 is 12.7 Å². The molecule has 146 valence electrons. The van der Waals surface area contributed by atoms with Crippen molar-refractivity contribution in [3.05, 3.63) is 29.8 Å². The molecular formula is C17H20F2N4O4. The number of fused-ring (bicyclic) bond motifs is 1. The number of carbonyl (C=O) groups excluding carboxylic acids is 3. The minimum absolute atomic E-state index is 0.0602. The lowest BCUT2D eigenvalue weighted by atomic mass is 10.2. The van der Waals surface area contributed by atoms with Gasteiger partial charge < -0.3 is 14.5 Å². The standard InChI is InChI=1S/C17H20F2N4O4/c1-21(8-11-2-4-12(5-3-11)27-16(18)19)14(24)10-22-6-7-23-13(9-22)15(25)20-17(23)26/h2-5,13,16H,6-10H2,1H3,(H,20,25,26)/t13-/m1/s1. The Morgan fingerprint density at radius 3 is 2.67 bits per heavy atom. The van der Waals surface area contributed by atoms with Crippen LogP contribution in [0.4, 0.5) is 13.6 Å². The van der Waals surface area contributed by atoms with Gasteiger partial charge in [0.15, 0.2) is 0 Å². The number of benzene rings is 1. The summed E-state index contributed by atoms with van der Waals surface area (Å²) in [6.45, 7) is -1.21. The van der Waals surface area contributed by atoms with Crippen LogP contribution < -0.4 is 10.1 Å². The molecule has 2 saturated heterocycles. The third-order valence-electron chi connectivity index (χ3n) is 4.61. The summed E-state index contributed by atoms with van der Waals surface area (Å²) < 4.78 is 28.6. The third-order valence-corrected chi connectivity index (χ3v) is 4.61. The number of amides is 4. The predicted octanol–water partition coefficient (Wildman–Crippen LogP) is 0.482. The third kappa shape index (κ3) is 4.51. The highest BCUT2D eigenvalue weighted by Crippen LogP contribution is 2.17. The van der Waals surface area contributed by atoms with Gasteiger partial charge in [-0.05, 0) is 17.7 Å². The molecule has 1 aromatic carbocycles. The zero-order valence-electron chi connectivity index (χ0n) is 14.7. The molecule has 0 aromatic heterocycles. The van der Waals surface area contributed by atoms with Crippen molar-refractivity contribution in [2.75, 3.05) is 33.2 Å². The first kappa shape index (κ1) is 19.0. The summed E-state index contributed by atoms with van der Waals surface area (Å²) in [6.07, 6.45) is 0. The van der Waals surface area contributed by atoms with E-state index >= 15 is 0 Å². The van der Waals surface area contributed by atoms with Crippen LogP contribution in [0.1, 0.15) is 5.56 Å². The Bertz CT molecular complexity index is 728. The van der Waals surface area contributed by atoms with Crippen LogP contribution in [0.15, 0.2) is 24.3 Å². The van der Waals surface area contributed by atoms with Crippen molar-refractivity contribution in [3.63, 3.8) is 0 Å². The number of carbonyl (C=O) groups is 3. The van der Waals surface area contributed by atoms with E-state index in [-0.39, 0.29) is 30.1 Å². The van der Waals surface area contributed by atoms with Crippen molar-refractivity contribution in [3.8, 4) is 5.75 Å². The van der Waals surface area contributed by atoms with Gasteiger partial charge in [-0.3, -0.25) is 19.8 Å². The number of nitrogens with zero attached hydrogens (tertiary/aromatic N) is 3. The van der Waals surface area contributed by atoms with E-state index in [2.05, 4.69) is 10.1 Å². The molecule has 0 saturated carbocycles. The first-order valence-corrected chi connectivity index (χ1v) is 8.45. The average molecular weight is 382 g/mol. The Morgan fingerprint density at radius 1 is 1.30 bits per heavy atom. The molecule has 0 aliphatic carbocycles. The first-order valence-electron chi connectivity index (χ1n) is 8.45. The zero-order chi connectivity index (χ0) is 19.6. The van der Waals surface area contributed by atoms with Crippen molar-refractivity contribution in [1.29, 1.82) is 0 Å². The molecule has 1 aromatic rings. The van der Waals surface area contributed by atoms with E-state index in [0.29, 0.717) is 26.2 Å². The number of hydrogen-bond acceptors (Lipinski definition) is 5. The molecule has 2 heterocycles. The van der Waals surface area contributed by atoms with Gasteiger partial charge in [-0.15, -0.1) is 0 Å². The number of nitrogens with one attached hydrogen (secondary N) is 1. The van der Waals surface area contributed by atoms with Gasteiger partial charge in [0.05, 0.1) is 6.54 Å². The van der Waals surface area contributed by atoms with Crippen LogP contribution in [-0.2, 0) is 16.1 Å². The number of halogens is 2. The second-order valence-electron chi connectivity index (χ2n) is 6.51. The summed E-state index contributed by atoms with van der Waals surface area (Å²) in [4.78, 5) is 40.7. The molecule has 2 aliphatic heterocycles. The molecule has 3 rings (SSSR count). The lowest BCUT2D eigenvalue weighted by molar-refractivity contribution is -0.133. The summed E-state index contributed by atoms with van der Waals surface area (Å²) in [5, 5.41) is 2.27. The molecule has 2 aliphatic rings. The van der Waals surface area contributed by atoms with Crippen LogP contribution in [0, 0.1) is 0 Å². The number of piperazine rings is 1. The fourth-order valence-corrected chi connectivity index (χ4v) is 3.16. The highest BCUT2D eigenvalue weighted by molar-refractivity contribution is 6.04. The maximum Gasteiger partial charge on any atom is 0.387 e. The van der Waals surface area contributed by atoms with Gasteiger partial charge in [0.1, 0.15) is 11.8 Å². The molecule has 0 spiro atoms. The fourth-order valence-electron chi connectivity index (χ4n) is 3.16. The smallest absolute Gasteiger partial charge is 0.387 e. The molecule has 0 radical (unpaired) electrons. The van der Waals surface area contributed by atoms with Gasteiger partial charge in [-0.1, -0.05) is 12.1 Å². The Hall–Kier alpha value is -2.75. The topological polar surface area (TPSA) is 82.2 Å². The Kier molecular flexibility index (Phi) is 5.54. The molecule has 0 unspecified atom stereocenters. The number of ether oxygens (including phenoxy) is 1. The molecular weight excluding hydrogens is 362 g/mol. The summed E-state index contributed by atoms with van der Waals surface area (Å²) >= 11 is 0. The molecule has 1 atom stereocenters. The van der Waals surface area contributed by atoms with Crippen LogP contribution in [0.25, 0.3) is 0 Å². The number of rotatable bonds is 6. The number of urea groups is 1. The molecule has 1 N–H and O–H groups in total. The molecule has 27 heavy (non-hydrogen) atoms. The van der Waals surface area contributed by atoms with E-state index in [9.17, 15) is 23.2 Å². The maximum atomic E-state index is 12.4. The van der Waals surface area contributed by atoms with Gasteiger partial charge in [-0.25, -0.2) is 4.79 Å². The highest BCUT2D eigenvalue weighted by Gasteiger charge is 2.42. The predicted molar refractivity (Wildman–Crippen MR) is 90.0 cm³/mol. The van der Waals surface area contributed by atoms with E-state index in [1.54, 1.807) is 19.2 Å². The maximum absolute atomic E-state index is 12.4. The summed E-state index contributed by atoms with van der Waals surface area (Å²) in [7, 11) is 1.65. The summed E-state index contributed by atoms with van der Waals surface area (Å²) in [5.74, 6) is -0.414. The minimum atomic E-state index is -2.88. The molecule has 4 amide bonds. The normalized spacial score (nSPS) is 19.9. The molecule has 10 heteroatoms. The average Bonchev–Trinajstić information content (AvgIpc) is 2.90. The lowest BCUT2D eigenvalue weighted by Gasteiger charge is -2.35. The Balaban J connectivity index is 1.50. The summed E-state index contributed by atoms with van der Waals surface area (Å²) in [6, 6.07) is 5.16. The van der Waals surface area contributed by atoms with Crippen LogP contribution in [0.5, 0.6) is 5.75 Å². The Morgan fingerprint density at radius 2 is 2.00 bits per heavy atom. The van der Waals surface area contributed by atoms with Gasteiger partial charge >= 0.3 is 12.6 Å². The van der Waals surface area contributed by atoms with Crippen LogP contribution in [0.2, 0.25) is 0 Å². The second-order valence-corrected chi connectivity index (χ2v) is 6.51. The second kappa shape index (κ2) is 7.87. The van der Waals surface area contributed by atoms with Crippen LogP contribution in [0.3, 0.4) is 0 Å². The van der Waals surface area contributed by atoms with Crippen molar-refractivity contribution < 1.29 is 27.9 Å². The van der Waals surface area contributed by atoms with E-state index in [0.717, 1.165) is 5.56 Å². The van der Waals surface area contributed by atoms with E-state index in [4.69, 9.17) is 0 Å². The van der Waals surface area contributed by atoms with Crippen molar-refractivity contribution in [2.45, 2.75) is 19.2 Å². The number of hydrogen-bond donors (Lipinski definition) is 1. The van der Waals surface area contributed by atoms with Gasteiger partial charge in [0.2, 0.25) is 5.91 Å². The molecule has 0 bridgehead atoms. The first-order chi connectivity index (χ1) is 12.8. The van der Waals surface area contributed by atoms with Crippen molar-refractivity contribution in [2.24, 2.45) is 0 Å². The molecule has 2 fully saturated rings. The zero-order valence-corrected chi connectivity index (χ0v) is 14.7. The lowest BCUT2D eigenvalue weighted by Crippen LogP contribution is -2.54. The van der Waals surface area contributed by atoms with Crippen LogP contribution in [-0.4, -0.2) is 78.4 Å². The molecule has 8 nitrogen and oxygen atoms in total. The monoisotopic (exact) mass is 382 g/mol. The van der Waals surface area contributed by atoms with Gasteiger partial charge in [-0.2, -0.15) is 8.78 Å². The largest absolute Gasteiger partial charge is 0.435 e. The van der Waals surface area contributed by atoms with Crippen LogP contribution >= 0.6 is 0 Å². The van der Waals surface area contributed by atoms with Gasteiger partial charge in [0, 0.05) is 33.2 Å². The minimum Gasteiger partial charge on any atom is -0.435 e. The number of alkyl halides is 2. The van der Waals surface area contributed by atoms with Crippen molar-refractivity contribution in [1.82, 2.24) is 20.0 Å². The quantitative estimate of drug-likeness (QED) is 0.724. The number of imide groups is 1. The van der Waals surface area contributed by atoms with Gasteiger partial charge in [0.25, 0.3) is 5.91 Å². The number of likely N-dealkylation sites (N-methyl/N-ethyl adjacent to an activating group) is 1. The fraction of sp³-hybridized carbons (Fsp3) is 0.471. The van der Waals surface area contributed by atoms with Crippen molar-refractivity contribution >= 4 is 17.8 Å². The van der Waals surface area contributed by atoms with E-state index in [1.807, 2.05) is 4.90 Å². The Labute approximate surface area is 154 Å². The summed E-state index contributed by atoms with van der Waals surface area (Å²) in [5.41, 5.74) is 0.776. The van der Waals surface area contributed by atoms with E-state index in [1.165, 1.54) is 21.9 Å². The SMILES string of the molecule is CN(Cc1ccc(OC(F)F)cc1)C(=O)CN1CCN2C(=O)NC(=O)[C@H]2C1. The highest BCUT2D eigenvalue weighted by atomic mass is 19.3.